The second-order valence-electron chi connectivity index (χ2n) is 8.00. The molecule has 0 radical (unpaired) electrons. The molecule has 2 aromatic rings. The summed E-state index contributed by atoms with van der Waals surface area (Å²) in [6.45, 7) is 10.7. The van der Waals surface area contributed by atoms with E-state index >= 15 is 0 Å². The van der Waals surface area contributed by atoms with Gasteiger partial charge in [-0.3, -0.25) is 9.80 Å². The van der Waals surface area contributed by atoms with Gasteiger partial charge in [0.2, 0.25) is 0 Å². The van der Waals surface area contributed by atoms with Crippen LogP contribution in [-0.4, -0.2) is 78.8 Å². The number of likely N-dealkylation sites (N-methyl/N-ethyl adjacent to an activating group) is 2. The van der Waals surface area contributed by atoms with Crippen molar-refractivity contribution in [1.82, 2.24) is 14.7 Å². The molecule has 0 aliphatic carbocycles. The first-order valence-corrected chi connectivity index (χ1v) is 10.7. The van der Waals surface area contributed by atoms with Gasteiger partial charge in [-0.15, -0.1) is 0 Å². The fraction of sp³-hybridized carbons (Fsp3) is 0.500. The third kappa shape index (κ3) is 7.44. The molecule has 1 fully saturated rings. The van der Waals surface area contributed by atoms with E-state index in [9.17, 15) is 5.11 Å². The lowest BCUT2D eigenvalue weighted by atomic mass is 10.2. The van der Waals surface area contributed by atoms with E-state index in [0.717, 1.165) is 51.6 Å². The molecule has 3 rings (SSSR count). The second-order valence-corrected chi connectivity index (χ2v) is 8.00. The quantitative estimate of drug-likeness (QED) is 0.667. The first kappa shape index (κ1) is 21.8. The van der Waals surface area contributed by atoms with Gasteiger partial charge in [-0.25, -0.2) is 0 Å². The van der Waals surface area contributed by atoms with E-state index in [1.54, 1.807) is 0 Å². The van der Waals surface area contributed by atoms with E-state index in [1.165, 1.54) is 11.1 Å². The highest BCUT2D eigenvalue weighted by Crippen LogP contribution is 2.15. The summed E-state index contributed by atoms with van der Waals surface area (Å²) in [5.41, 5.74) is 2.56. The lowest BCUT2D eigenvalue weighted by Crippen LogP contribution is -2.45. The molecule has 158 valence electrons. The zero-order valence-corrected chi connectivity index (χ0v) is 17.8. The van der Waals surface area contributed by atoms with Crippen LogP contribution in [0.15, 0.2) is 54.6 Å². The summed E-state index contributed by atoms with van der Waals surface area (Å²) in [5.74, 6) is 0.814. The molecule has 1 saturated heterocycles. The van der Waals surface area contributed by atoms with E-state index in [0.29, 0.717) is 13.2 Å². The Morgan fingerprint density at radius 3 is 2.24 bits per heavy atom. The van der Waals surface area contributed by atoms with Gasteiger partial charge in [0.1, 0.15) is 18.5 Å². The average molecular weight is 398 g/mol. The topological polar surface area (TPSA) is 39.2 Å². The van der Waals surface area contributed by atoms with Crippen molar-refractivity contribution in [3.05, 3.63) is 65.7 Å². The van der Waals surface area contributed by atoms with Gasteiger partial charge in [-0.05, 0) is 36.9 Å². The first-order chi connectivity index (χ1) is 14.1. The standard InChI is InChI=1S/C24H35N3O2/c1-3-26-13-15-27(16-14-26)18-22-9-11-24(12-10-22)29-20-23(28)19-25(2)17-21-7-5-4-6-8-21/h4-12,23,28H,3,13-20H2,1-2H3/t23-/m1/s1. The molecule has 0 unspecified atom stereocenters. The normalized spacial score (nSPS) is 16.8. The molecule has 0 saturated carbocycles. The van der Waals surface area contributed by atoms with Gasteiger partial charge in [-0.1, -0.05) is 49.4 Å². The molecule has 0 aromatic heterocycles. The molecule has 1 atom stereocenters. The van der Waals surface area contributed by atoms with Crippen LogP contribution in [0, 0.1) is 0 Å². The molecular weight excluding hydrogens is 362 g/mol. The SMILES string of the molecule is CCN1CCN(Cc2ccc(OC[C@H](O)CN(C)Cc3ccccc3)cc2)CC1. The molecule has 1 aliphatic rings. The number of aliphatic hydroxyl groups excluding tert-OH is 1. The highest BCUT2D eigenvalue weighted by atomic mass is 16.5. The van der Waals surface area contributed by atoms with E-state index in [1.807, 2.05) is 37.4 Å². The maximum atomic E-state index is 10.3. The summed E-state index contributed by atoms with van der Waals surface area (Å²) < 4.78 is 5.80. The van der Waals surface area contributed by atoms with Gasteiger partial charge < -0.3 is 14.7 Å². The van der Waals surface area contributed by atoms with Gasteiger partial charge in [0, 0.05) is 45.8 Å². The van der Waals surface area contributed by atoms with Gasteiger partial charge in [0.25, 0.3) is 0 Å². The minimum atomic E-state index is -0.516. The third-order valence-electron chi connectivity index (χ3n) is 5.50. The Morgan fingerprint density at radius 1 is 0.931 bits per heavy atom. The fourth-order valence-corrected chi connectivity index (χ4v) is 3.78. The number of aliphatic hydroxyl groups is 1. The predicted molar refractivity (Wildman–Crippen MR) is 118 cm³/mol. The van der Waals surface area contributed by atoms with Crippen molar-refractivity contribution in [2.45, 2.75) is 26.1 Å². The van der Waals surface area contributed by atoms with Crippen molar-refractivity contribution < 1.29 is 9.84 Å². The monoisotopic (exact) mass is 397 g/mol. The van der Waals surface area contributed by atoms with Crippen LogP contribution in [0.1, 0.15) is 18.1 Å². The van der Waals surface area contributed by atoms with E-state index in [2.05, 4.69) is 45.9 Å². The number of benzene rings is 2. The number of hydrogen-bond donors (Lipinski definition) is 1. The van der Waals surface area contributed by atoms with Crippen LogP contribution in [0.3, 0.4) is 0 Å². The Bertz CT molecular complexity index is 700. The maximum Gasteiger partial charge on any atom is 0.119 e. The van der Waals surface area contributed by atoms with Crippen LogP contribution in [0.25, 0.3) is 0 Å². The number of ether oxygens (including phenoxy) is 1. The predicted octanol–water partition coefficient (Wildman–Crippen LogP) is 2.70. The van der Waals surface area contributed by atoms with Crippen molar-refractivity contribution in [2.75, 3.05) is 52.9 Å². The molecule has 5 heteroatoms. The van der Waals surface area contributed by atoms with Gasteiger partial charge in [0.05, 0.1) is 0 Å². The van der Waals surface area contributed by atoms with Crippen LogP contribution in [-0.2, 0) is 13.1 Å². The number of piperazine rings is 1. The van der Waals surface area contributed by atoms with Crippen molar-refractivity contribution in [2.24, 2.45) is 0 Å². The lowest BCUT2D eigenvalue weighted by molar-refractivity contribution is 0.0744. The average Bonchev–Trinajstić information content (AvgIpc) is 2.74. The molecule has 1 heterocycles. The first-order valence-electron chi connectivity index (χ1n) is 10.7. The Morgan fingerprint density at radius 2 is 1.59 bits per heavy atom. The largest absolute Gasteiger partial charge is 0.491 e. The van der Waals surface area contributed by atoms with E-state index < -0.39 is 6.10 Å². The van der Waals surface area contributed by atoms with E-state index in [-0.39, 0.29) is 0 Å². The summed E-state index contributed by atoms with van der Waals surface area (Å²) in [6.07, 6.45) is -0.516. The summed E-state index contributed by atoms with van der Waals surface area (Å²) >= 11 is 0. The molecule has 0 spiro atoms. The van der Waals surface area contributed by atoms with Crippen LogP contribution >= 0.6 is 0 Å². The Hall–Kier alpha value is -1.92. The van der Waals surface area contributed by atoms with Gasteiger partial charge in [0.15, 0.2) is 0 Å². The van der Waals surface area contributed by atoms with Crippen molar-refractivity contribution in [3.63, 3.8) is 0 Å². The minimum Gasteiger partial charge on any atom is -0.491 e. The number of nitrogens with zero attached hydrogens (tertiary/aromatic N) is 3. The van der Waals surface area contributed by atoms with Crippen LogP contribution < -0.4 is 4.74 Å². The maximum absolute atomic E-state index is 10.3. The molecule has 1 aliphatic heterocycles. The highest BCUT2D eigenvalue weighted by molar-refractivity contribution is 5.27. The zero-order valence-electron chi connectivity index (χ0n) is 17.8. The summed E-state index contributed by atoms with van der Waals surface area (Å²) in [5, 5.41) is 10.3. The third-order valence-corrected chi connectivity index (χ3v) is 5.50. The minimum absolute atomic E-state index is 0.303. The molecule has 2 aromatic carbocycles. The van der Waals surface area contributed by atoms with Crippen molar-refractivity contribution >= 4 is 0 Å². The number of hydrogen-bond acceptors (Lipinski definition) is 5. The van der Waals surface area contributed by atoms with Gasteiger partial charge in [-0.2, -0.15) is 0 Å². The van der Waals surface area contributed by atoms with Gasteiger partial charge >= 0.3 is 0 Å². The summed E-state index contributed by atoms with van der Waals surface area (Å²) in [4.78, 5) is 7.12. The smallest absolute Gasteiger partial charge is 0.119 e. The molecule has 29 heavy (non-hydrogen) atoms. The Labute approximate surface area is 175 Å². The van der Waals surface area contributed by atoms with Crippen LogP contribution in [0.5, 0.6) is 5.75 Å². The lowest BCUT2D eigenvalue weighted by Gasteiger charge is -2.34. The summed E-state index contributed by atoms with van der Waals surface area (Å²) in [7, 11) is 2.02. The molecular formula is C24H35N3O2. The second kappa shape index (κ2) is 11.3. The van der Waals surface area contributed by atoms with E-state index in [4.69, 9.17) is 4.74 Å². The van der Waals surface area contributed by atoms with Crippen molar-refractivity contribution in [3.8, 4) is 5.75 Å². The molecule has 0 amide bonds. The van der Waals surface area contributed by atoms with Crippen molar-refractivity contribution in [1.29, 1.82) is 0 Å². The highest BCUT2D eigenvalue weighted by Gasteiger charge is 2.15. The molecule has 0 bridgehead atoms. The summed E-state index contributed by atoms with van der Waals surface area (Å²) in [6, 6.07) is 18.6. The van der Waals surface area contributed by atoms with Crippen LogP contribution in [0.2, 0.25) is 0 Å². The fourth-order valence-electron chi connectivity index (χ4n) is 3.78. The molecule has 1 N–H and O–H groups in total. The molecule has 5 nitrogen and oxygen atoms in total. The zero-order chi connectivity index (χ0) is 20.5. The van der Waals surface area contributed by atoms with Crippen LogP contribution in [0.4, 0.5) is 0 Å². The number of rotatable bonds is 10. The Balaban J connectivity index is 1.37. The Kier molecular flexibility index (Phi) is 8.50.